The molecule has 0 aromatic heterocycles. The molecule has 2 aromatic carbocycles. The van der Waals surface area contributed by atoms with Gasteiger partial charge in [0.25, 0.3) is 0 Å². The van der Waals surface area contributed by atoms with Gasteiger partial charge in [0, 0.05) is 33.8 Å². The quantitative estimate of drug-likeness (QED) is 0.421. The van der Waals surface area contributed by atoms with E-state index in [2.05, 4.69) is 0 Å². The Morgan fingerprint density at radius 1 is 0.750 bits per heavy atom. The maximum atomic E-state index is 12.8. The second-order valence-electron chi connectivity index (χ2n) is 5.26. The second kappa shape index (κ2) is 7.96. The molecule has 0 saturated carbocycles. The molecule has 124 valence electrons. The summed E-state index contributed by atoms with van der Waals surface area (Å²) in [6.45, 7) is -0.513. The first-order valence-electron chi connectivity index (χ1n) is 7.43. The van der Waals surface area contributed by atoms with Crippen LogP contribution in [0.25, 0.3) is 0 Å². The molecule has 0 aliphatic heterocycles. The molecule has 0 N–H and O–H groups in total. The van der Waals surface area contributed by atoms with Gasteiger partial charge in [0.1, 0.15) is 0 Å². The van der Waals surface area contributed by atoms with Gasteiger partial charge in [-0.1, -0.05) is 48.5 Å². The van der Waals surface area contributed by atoms with Crippen LogP contribution in [0.5, 0.6) is 0 Å². The van der Waals surface area contributed by atoms with E-state index >= 15 is 0 Å². The molecule has 0 spiro atoms. The monoisotopic (exact) mass is 328 g/mol. The minimum Gasteiger partial charge on any atom is -0.289 e. The zero-order valence-corrected chi connectivity index (χ0v) is 12.9. The van der Waals surface area contributed by atoms with Crippen LogP contribution in [-0.2, 0) is 12.8 Å². The van der Waals surface area contributed by atoms with E-state index in [0.717, 1.165) is 0 Å². The maximum Gasteiger partial charge on any atom is 0.207 e. The fourth-order valence-electron chi connectivity index (χ4n) is 2.49. The Bertz CT molecular complexity index is 710. The fourth-order valence-corrected chi connectivity index (χ4v) is 2.49. The Hall–Kier alpha value is -3.09. The highest BCUT2D eigenvalue weighted by molar-refractivity contribution is 6.10. The zero-order chi connectivity index (χ0) is 17.5. The van der Waals surface area contributed by atoms with E-state index in [4.69, 9.17) is 0 Å². The van der Waals surface area contributed by atoms with E-state index in [1.54, 1.807) is 48.5 Å². The van der Waals surface area contributed by atoms with Crippen LogP contribution in [0.4, 0.5) is 0 Å². The van der Waals surface area contributed by atoms with Crippen molar-refractivity contribution in [1.29, 1.82) is 0 Å². The third kappa shape index (κ3) is 4.45. The van der Waals surface area contributed by atoms with Gasteiger partial charge in [-0.3, -0.25) is 25.0 Å². The number of hydrogen-bond donors (Lipinski definition) is 0. The van der Waals surface area contributed by atoms with Gasteiger partial charge in [-0.05, 0) is 11.1 Å². The van der Waals surface area contributed by atoms with Crippen LogP contribution in [0.2, 0.25) is 0 Å². The number of nitrogens with zero attached hydrogens (tertiary/aromatic N) is 2. The summed E-state index contributed by atoms with van der Waals surface area (Å²) in [7, 11) is 0. The SMILES string of the molecule is O=C(c1ccccc1CC[N+](=O)[O-])c1ccccc1CC[N+](=O)[O-]. The van der Waals surface area contributed by atoms with E-state index in [1.165, 1.54) is 0 Å². The van der Waals surface area contributed by atoms with Crippen molar-refractivity contribution in [3.8, 4) is 0 Å². The van der Waals surface area contributed by atoms with Gasteiger partial charge >= 0.3 is 0 Å². The molecule has 0 aliphatic carbocycles. The summed E-state index contributed by atoms with van der Waals surface area (Å²) in [6.07, 6.45) is 0.317. The predicted molar refractivity (Wildman–Crippen MR) is 87.4 cm³/mol. The van der Waals surface area contributed by atoms with Crippen LogP contribution in [0, 0.1) is 20.2 Å². The summed E-state index contributed by atoms with van der Waals surface area (Å²) in [5.74, 6) is -0.270. The van der Waals surface area contributed by atoms with E-state index < -0.39 is 9.85 Å². The van der Waals surface area contributed by atoms with Crippen LogP contribution >= 0.6 is 0 Å². The molecule has 0 aliphatic rings. The summed E-state index contributed by atoms with van der Waals surface area (Å²) in [4.78, 5) is 33.2. The highest BCUT2D eigenvalue weighted by atomic mass is 16.6. The van der Waals surface area contributed by atoms with Crippen molar-refractivity contribution in [2.24, 2.45) is 0 Å². The van der Waals surface area contributed by atoms with Gasteiger partial charge in [-0.25, -0.2) is 0 Å². The minimum absolute atomic E-state index is 0.159. The van der Waals surface area contributed by atoms with Crippen molar-refractivity contribution in [3.63, 3.8) is 0 Å². The van der Waals surface area contributed by atoms with Crippen LogP contribution in [0.1, 0.15) is 27.0 Å². The van der Waals surface area contributed by atoms with E-state index in [-0.39, 0.29) is 31.7 Å². The number of hydrogen-bond acceptors (Lipinski definition) is 5. The van der Waals surface area contributed by atoms with Crippen molar-refractivity contribution in [2.45, 2.75) is 12.8 Å². The maximum absolute atomic E-state index is 12.8. The van der Waals surface area contributed by atoms with Crippen LogP contribution in [0.3, 0.4) is 0 Å². The lowest BCUT2D eigenvalue weighted by Crippen LogP contribution is -2.13. The van der Waals surface area contributed by atoms with Gasteiger partial charge in [0.05, 0.1) is 0 Å². The molecule has 0 radical (unpaired) electrons. The number of benzene rings is 2. The molecule has 2 aromatic rings. The average Bonchev–Trinajstić information content (AvgIpc) is 2.58. The van der Waals surface area contributed by atoms with Crippen molar-refractivity contribution in [1.82, 2.24) is 0 Å². The second-order valence-corrected chi connectivity index (χ2v) is 5.26. The molecule has 2 rings (SSSR count). The first-order chi connectivity index (χ1) is 11.5. The summed E-state index contributed by atoms with van der Waals surface area (Å²) in [5.41, 5.74) is 1.99. The Kier molecular flexibility index (Phi) is 5.73. The van der Waals surface area contributed by atoms with E-state index in [0.29, 0.717) is 22.3 Å². The zero-order valence-electron chi connectivity index (χ0n) is 12.9. The molecule has 7 heteroatoms. The lowest BCUT2D eigenvalue weighted by Gasteiger charge is -2.10. The largest absolute Gasteiger partial charge is 0.289 e. The van der Waals surface area contributed by atoms with E-state index in [1.807, 2.05) is 0 Å². The van der Waals surface area contributed by atoms with Gasteiger partial charge < -0.3 is 0 Å². The Labute approximate surface area is 138 Å². The van der Waals surface area contributed by atoms with Gasteiger partial charge in [-0.2, -0.15) is 0 Å². The lowest BCUT2D eigenvalue weighted by molar-refractivity contribution is -0.479. The molecule has 0 amide bonds. The van der Waals surface area contributed by atoms with Gasteiger partial charge in [0.2, 0.25) is 13.1 Å². The van der Waals surface area contributed by atoms with Gasteiger partial charge in [-0.15, -0.1) is 0 Å². The summed E-state index contributed by atoms with van der Waals surface area (Å²) >= 11 is 0. The summed E-state index contributed by atoms with van der Waals surface area (Å²) in [6, 6.07) is 13.5. The Morgan fingerprint density at radius 3 is 1.50 bits per heavy atom. The van der Waals surface area contributed by atoms with Crippen molar-refractivity contribution in [2.75, 3.05) is 13.1 Å². The van der Waals surface area contributed by atoms with Crippen LogP contribution < -0.4 is 0 Å². The molecule has 0 unspecified atom stereocenters. The van der Waals surface area contributed by atoms with Gasteiger partial charge in [0.15, 0.2) is 5.78 Å². The molecule has 0 atom stereocenters. The number of rotatable bonds is 8. The van der Waals surface area contributed by atoms with Crippen molar-refractivity contribution in [3.05, 3.63) is 91.0 Å². The number of ketones is 1. The molecule has 0 fully saturated rings. The molecular weight excluding hydrogens is 312 g/mol. The predicted octanol–water partition coefficient (Wildman–Crippen LogP) is 2.56. The highest BCUT2D eigenvalue weighted by Gasteiger charge is 2.18. The van der Waals surface area contributed by atoms with E-state index in [9.17, 15) is 25.0 Å². The normalized spacial score (nSPS) is 10.3. The smallest absolute Gasteiger partial charge is 0.207 e. The van der Waals surface area contributed by atoms with Crippen LogP contribution in [-0.4, -0.2) is 28.7 Å². The third-order valence-electron chi connectivity index (χ3n) is 3.65. The molecular formula is C17H16N2O5. The van der Waals surface area contributed by atoms with Crippen molar-refractivity contribution < 1.29 is 14.6 Å². The minimum atomic E-state index is -0.424. The third-order valence-corrected chi connectivity index (χ3v) is 3.65. The summed E-state index contributed by atoms with van der Waals surface area (Å²) in [5, 5.41) is 21.2. The summed E-state index contributed by atoms with van der Waals surface area (Å²) < 4.78 is 0. The first kappa shape index (κ1) is 17.3. The fraction of sp³-hybridized carbons (Fsp3) is 0.235. The first-order valence-corrected chi connectivity index (χ1v) is 7.43. The number of nitro groups is 2. The van der Waals surface area contributed by atoms with Crippen molar-refractivity contribution >= 4 is 5.78 Å². The topological polar surface area (TPSA) is 103 Å². The molecule has 0 heterocycles. The highest BCUT2D eigenvalue weighted by Crippen LogP contribution is 2.19. The number of carbonyl (C=O) groups excluding carboxylic acids is 1. The molecule has 0 bridgehead atoms. The number of carbonyl (C=O) groups is 1. The molecule has 0 saturated heterocycles. The van der Waals surface area contributed by atoms with Crippen LogP contribution in [0.15, 0.2) is 48.5 Å². The molecule has 7 nitrogen and oxygen atoms in total. The average molecular weight is 328 g/mol. The standard InChI is InChI=1S/C17H16N2O5/c20-17(15-7-3-1-5-13(15)9-11-18(21)22)16-8-4-2-6-14(16)10-12-19(23)24/h1-8H,9-12H2. The lowest BCUT2D eigenvalue weighted by atomic mass is 9.93. The Balaban J connectivity index is 2.32. The molecule has 24 heavy (non-hydrogen) atoms. The Morgan fingerprint density at radius 2 is 1.12 bits per heavy atom.